The van der Waals surface area contributed by atoms with Gasteiger partial charge in [0.05, 0.1) is 10.5 Å². The van der Waals surface area contributed by atoms with Gasteiger partial charge in [0.25, 0.3) is 11.5 Å². The minimum absolute atomic E-state index is 0.197. The van der Waals surface area contributed by atoms with Crippen molar-refractivity contribution >= 4 is 26.7 Å². The van der Waals surface area contributed by atoms with E-state index in [1.165, 1.54) is 6.20 Å². The summed E-state index contributed by atoms with van der Waals surface area (Å²) < 4.78 is 26.9. The minimum Gasteiger partial charge on any atom is -0.352 e. The summed E-state index contributed by atoms with van der Waals surface area (Å²) in [6.07, 6.45) is 1.82. The molecule has 3 aromatic rings. The number of pyridine rings is 1. The number of aromatic nitrogens is 1. The van der Waals surface area contributed by atoms with Gasteiger partial charge in [-0.05, 0) is 31.5 Å². The van der Waals surface area contributed by atoms with Crippen molar-refractivity contribution in [3.8, 4) is 0 Å². The molecule has 0 aliphatic carbocycles. The van der Waals surface area contributed by atoms with E-state index < -0.39 is 10.0 Å². The average molecular weight is 399 g/mol. The van der Waals surface area contributed by atoms with E-state index in [4.69, 9.17) is 0 Å². The number of fused-ring (bicyclic) bond motifs is 1. The zero-order valence-corrected chi connectivity index (χ0v) is 16.2. The molecule has 0 aliphatic heterocycles. The van der Waals surface area contributed by atoms with E-state index in [0.717, 1.165) is 5.56 Å². The monoisotopic (exact) mass is 399 g/mol. The largest absolute Gasteiger partial charge is 0.352 e. The highest BCUT2D eigenvalue weighted by atomic mass is 32.2. The molecule has 8 heteroatoms. The fourth-order valence-corrected chi connectivity index (χ4v) is 3.86. The van der Waals surface area contributed by atoms with Gasteiger partial charge in [-0.25, -0.2) is 13.1 Å². The molecule has 0 saturated heterocycles. The topological polar surface area (TPSA) is 108 Å². The highest BCUT2D eigenvalue weighted by molar-refractivity contribution is 7.89. The van der Waals surface area contributed by atoms with E-state index >= 15 is 0 Å². The summed E-state index contributed by atoms with van der Waals surface area (Å²) >= 11 is 0. The number of H-pyrrole nitrogens is 1. The van der Waals surface area contributed by atoms with Crippen LogP contribution in [0.2, 0.25) is 0 Å². The van der Waals surface area contributed by atoms with Gasteiger partial charge >= 0.3 is 0 Å². The van der Waals surface area contributed by atoms with Crippen LogP contribution in [0.25, 0.3) is 10.8 Å². The molecule has 0 radical (unpaired) electrons. The second-order valence-electron chi connectivity index (χ2n) is 6.40. The van der Waals surface area contributed by atoms with Gasteiger partial charge in [0, 0.05) is 30.1 Å². The lowest BCUT2D eigenvalue weighted by molar-refractivity contribution is 0.0954. The summed E-state index contributed by atoms with van der Waals surface area (Å²) in [4.78, 5) is 27.0. The Bertz CT molecular complexity index is 1150. The number of hydrogen-bond acceptors (Lipinski definition) is 4. The first-order valence-electron chi connectivity index (χ1n) is 8.83. The molecule has 0 aliphatic rings. The van der Waals surface area contributed by atoms with Crippen LogP contribution in [0.5, 0.6) is 0 Å². The number of nitrogens with one attached hydrogen (secondary N) is 3. The molecular weight excluding hydrogens is 378 g/mol. The molecule has 0 unspecified atom stereocenters. The molecule has 0 fully saturated rings. The second kappa shape index (κ2) is 8.37. The Morgan fingerprint density at radius 2 is 1.68 bits per heavy atom. The zero-order valence-electron chi connectivity index (χ0n) is 15.4. The highest BCUT2D eigenvalue weighted by Crippen LogP contribution is 2.14. The second-order valence-corrected chi connectivity index (χ2v) is 8.16. The minimum atomic E-state index is -3.57. The lowest BCUT2D eigenvalue weighted by Crippen LogP contribution is -2.30. The van der Waals surface area contributed by atoms with Crippen molar-refractivity contribution in [3.05, 3.63) is 76.2 Å². The van der Waals surface area contributed by atoms with Gasteiger partial charge < -0.3 is 10.3 Å². The number of amides is 1. The van der Waals surface area contributed by atoms with Gasteiger partial charge in [-0.2, -0.15) is 0 Å². The normalized spacial score (nSPS) is 11.5. The van der Waals surface area contributed by atoms with Crippen LogP contribution in [0.1, 0.15) is 22.3 Å². The number of aromatic amines is 1. The van der Waals surface area contributed by atoms with Gasteiger partial charge in [-0.1, -0.05) is 35.9 Å². The average Bonchev–Trinajstić information content (AvgIpc) is 2.68. The van der Waals surface area contributed by atoms with Crippen LogP contribution in [0.15, 0.2) is 64.4 Å². The van der Waals surface area contributed by atoms with E-state index in [-0.39, 0.29) is 22.9 Å². The molecule has 7 nitrogen and oxygen atoms in total. The first-order chi connectivity index (χ1) is 13.4. The van der Waals surface area contributed by atoms with Crippen molar-refractivity contribution in [3.63, 3.8) is 0 Å². The van der Waals surface area contributed by atoms with Gasteiger partial charge in [0.1, 0.15) is 0 Å². The molecule has 0 spiro atoms. The fourth-order valence-electron chi connectivity index (χ4n) is 2.79. The third-order valence-corrected chi connectivity index (χ3v) is 5.79. The van der Waals surface area contributed by atoms with Crippen LogP contribution in [-0.4, -0.2) is 32.4 Å². The molecule has 0 bridgehead atoms. The maximum absolute atomic E-state index is 12.4. The summed E-state index contributed by atoms with van der Waals surface area (Å²) in [5, 5.41) is 3.77. The van der Waals surface area contributed by atoms with Gasteiger partial charge in [-0.15, -0.1) is 0 Å². The van der Waals surface area contributed by atoms with Crippen molar-refractivity contribution in [2.75, 3.05) is 13.1 Å². The summed E-state index contributed by atoms with van der Waals surface area (Å²) in [5.74, 6) is -0.325. The lowest BCUT2D eigenvalue weighted by Gasteiger charge is -2.09. The fraction of sp³-hybridized carbons (Fsp3) is 0.200. The molecule has 0 saturated carbocycles. The number of aryl methyl sites for hydroxylation is 1. The summed E-state index contributed by atoms with van der Waals surface area (Å²) in [5.41, 5.74) is 1.10. The van der Waals surface area contributed by atoms with Crippen molar-refractivity contribution < 1.29 is 13.2 Å². The van der Waals surface area contributed by atoms with Crippen LogP contribution in [0.4, 0.5) is 0 Å². The Hall–Kier alpha value is -2.97. The van der Waals surface area contributed by atoms with Crippen molar-refractivity contribution in [1.29, 1.82) is 0 Å². The van der Waals surface area contributed by atoms with E-state index in [0.29, 0.717) is 29.3 Å². The number of hydrogen-bond donors (Lipinski definition) is 3. The summed E-state index contributed by atoms with van der Waals surface area (Å²) in [6.45, 7) is 2.38. The Labute approximate surface area is 162 Å². The first-order valence-corrected chi connectivity index (χ1v) is 10.3. The van der Waals surface area contributed by atoms with Crippen LogP contribution in [-0.2, 0) is 10.0 Å². The maximum atomic E-state index is 12.4. The molecule has 3 rings (SSSR count). The number of sulfonamides is 1. The Kier molecular flexibility index (Phi) is 5.91. The predicted octanol–water partition coefficient (Wildman–Crippen LogP) is 1.93. The third-order valence-electron chi connectivity index (χ3n) is 4.32. The standard InChI is InChI=1S/C20H21N3O4S/c1-14-7-9-15(10-8-14)28(26,27)23-12-4-11-21-20(25)18-13-22-19(24)17-6-3-2-5-16(17)18/h2-3,5-10,13,23H,4,11-12H2,1H3,(H,21,25)(H,22,24). The number of benzene rings is 2. The maximum Gasteiger partial charge on any atom is 0.255 e. The third kappa shape index (κ3) is 4.47. The summed E-state index contributed by atoms with van der Waals surface area (Å²) in [6, 6.07) is 13.5. The Morgan fingerprint density at radius 1 is 1.00 bits per heavy atom. The summed E-state index contributed by atoms with van der Waals surface area (Å²) in [7, 11) is -3.57. The van der Waals surface area contributed by atoms with E-state index in [1.54, 1.807) is 48.5 Å². The molecular formula is C20H21N3O4S. The van der Waals surface area contributed by atoms with Gasteiger partial charge in [-0.3, -0.25) is 9.59 Å². The molecule has 0 atom stereocenters. The van der Waals surface area contributed by atoms with E-state index in [9.17, 15) is 18.0 Å². The van der Waals surface area contributed by atoms with E-state index in [2.05, 4.69) is 15.0 Å². The Morgan fingerprint density at radius 3 is 2.39 bits per heavy atom. The number of carbonyl (C=O) groups excluding carboxylic acids is 1. The number of rotatable bonds is 7. The highest BCUT2D eigenvalue weighted by Gasteiger charge is 2.14. The number of carbonyl (C=O) groups is 1. The van der Waals surface area contributed by atoms with Gasteiger partial charge in [0.2, 0.25) is 10.0 Å². The smallest absolute Gasteiger partial charge is 0.255 e. The van der Waals surface area contributed by atoms with Crippen molar-refractivity contribution in [1.82, 2.24) is 15.0 Å². The van der Waals surface area contributed by atoms with Crippen LogP contribution in [0, 0.1) is 6.92 Å². The molecule has 28 heavy (non-hydrogen) atoms. The molecule has 1 heterocycles. The van der Waals surface area contributed by atoms with Crippen LogP contribution < -0.4 is 15.6 Å². The molecule has 3 N–H and O–H groups in total. The van der Waals surface area contributed by atoms with Gasteiger partial charge in [0.15, 0.2) is 0 Å². The molecule has 146 valence electrons. The SMILES string of the molecule is Cc1ccc(S(=O)(=O)NCCCNC(=O)c2c[nH]c(=O)c3ccccc23)cc1. The van der Waals surface area contributed by atoms with Crippen molar-refractivity contribution in [2.45, 2.75) is 18.2 Å². The predicted molar refractivity (Wildman–Crippen MR) is 108 cm³/mol. The van der Waals surface area contributed by atoms with Crippen LogP contribution in [0.3, 0.4) is 0 Å². The Balaban J connectivity index is 1.55. The zero-order chi connectivity index (χ0) is 20.1. The molecule has 2 aromatic carbocycles. The van der Waals surface area contributed by atoms with E-state index in [1.807, 2.05) is 6.92 Å². The lowest BCUT2D eigenvalue weighted by atomic mass is 10.1. The first kappa shape index (κ1) is 19.8. The molecule has 1 amide bonds. The van der Waals surface area contributed by atoms with Crippen LogP contribution >= 0.6 is 0 Å². The molecule has 1 aromatic heterocycles. The van der Waals surface area contributed by atoms with Crippen molar-refractivity contribution in [2.24, 2.45) is 0 Å². The quantitative estimate of drug-likeness (QED) is 0.528.